The van der Waals surface area contributed by atoms with Crippen molar-refractivity contribution in [2.45, 2.75) is 19.4 Å². The minimum Gasteiger partial charge on any atom is -0.472 e. The lowest BCUT2D eigenvalue weighted by molar-refractivity contribution is 0.147. The van der Waals surface area contributed by atoms with Crippen LogP contribution in [0.5, 0.6) is 5.88 Å². The summed E-state index contributed by atoms with van der Waals surface area (Å²) in [6.07, 6.45) is 4.68. The highest BCUT2D eigenvalue weighted by Crippen LogP contribution is 2.15. The first-order valence-electron chi connectivity index (χ1n) is 5.94. The Kier molecular flexibility index (Phi) is 4.28. The van der Waals surface area contributed by atoms with Crippen LogP contribution in [0.2, 0.25) is 0 Å². The van der Waals surface area contributed by atoms with Gasteiger partial charge >= 0.3 is 0 Å². The van der Waals surface area contributed by atoms with Crippen molar-refractivity contribution in [3.63, 3.8) is 0 Å². The van der Waals surface area contributed by atoms with E-state index in [0.717, 1.165) is 38.4 Å². The number of likely N-dealkylation sites (tertiary alicyclic amines) is 1. The fraction of sp³-hybridized carbons (Fsp3) is 0.667. The third-order valence-corrected chi connectivity index (χ3v) is 2.89. The van der Waals surface area contributed by atoms with Crippen LogP contribution in [0.3, 0.4) is 0 Å². The Labute approximate surface area is 102 Å². The molecule has 5 heteroatoms. The second kappa shape index (κ2) is 5.93. The quantitative estimate of drug-likeness (QED) is 0.761. The average molecular weight is 237 g/mol. The third kappa shape index (κ3) is 3.64. The molecular formula is C12H19N3O2. The summed E-state index contributed by atoms with van der Waals surface area (Å²) in [5.41, 5.74) is 0.908. The first-order valence-corrected chi connectivity index (χ1v) is 5.94. The minimum absolute atomic E-state index is 0.226. The van der Waals surface area contributed by atoms with Crippen molar-refractivity contribution < 1.29 is 9.47 Å². The second-order valence-corrected chi connectivity index (χ2v) is 4.32. The van der Waals surface area contributed by atoms with Gasteiger partial charge in [0.15, 0.2) is 0 Å². The summed E-state index contributed by atoms with van der Waals surface area (Å²) in [7, 11) is 1.73. The van der Waals surface area contributed by atoms with Gasteiger partial charge in [-0.05, 0) is 13.3 Å². The molecule has 2 rings (SSSR count). The van der Waals surface area contributed by atoms with Gasteiger partial charge in [-0.25, -0.2) is 4.98 Å². The zero-order valence-corrected chi connectivity index (χ0v) is 10.4. The Balaban J connectivity index is 1.79. The van der Waals surface area contributed by atoms with Gasteiger partial charge in [0.25, 0.3) is 0 Å². The molecule has 5 nitrogen and oxygen atoms in total. The fourth-order valence-electron chi connectivity index (χ4n) is 1.93. The molecule has 1 aromatic rings. The zero-order chi connectivity index (χ0) is 12.1. The highest BCUT2D eigenvalue weighted by atomic mass is 16.5. The predicted molar refractivity (Wildman–Crippen MR) is 64.1 cm³/mol. The Morgan fingerprint density at radius 1 is 1.41 bits per heavy atom. The third-order valence-electron chi connectivity index (χ3n) is 2.89. The highest BCUT2D eigenvalue weighted by molar-refractivity contribution is 5.06. The van der Waals surface area contributed by atoms with Gasteiger partial charge in [0.1, 0.15) is 6.10 Å². The fourth-order valence-corrected chi connectivity index (χ4v) is 1.93. The first kappa shape index (κ1) is 12.3. The molecule has 94 valence electrons. The van der Waals surface area contributed by atoms with Gasteiger partial charge in [-0.1, -0.05) is 0 Å². The first-order chi connectivity index (χ1) is 8.28. The molecule has 0 saturated carbocycles. The van der Waals surface area contributed by atoms with Crippen molar-refractivity contribution in [3.05, 3.63) is 18.1 Å². The van der Waals surface area contributed by atoms with Crippen LogP contribution in [0.15, 0.2) is 12.4 Å². The molecule has 1 saturated heterocycles. The molecule has 1 aliphatic heterocycles. The number of methoxy groups -OCH3 is 1. The van der Waals surface area contributed by atoms with Crippen molar-refractivity contribution >= 4 is 0 Å². The molecule has 1 aromatic heterocycles. The molecule has 0 bridgehead atoms. The van der Waals surface area contributed by atoms with E-state index in [1.807, 2.05) is 6.92 Å². The number of nitrogens with zero attached hydrogens (tertiary/aromatic N) is 3. The van der Waals surface area contributed by atoms with Crippen LogP contribution in [0.25, 0.3) is 0 Å². The van der Waals surface area contributed by atoms with Crippen LogP contribution in [0, 0.1) is 6.92 Å². The van der Waals surface area contributed by atoms with Crippen LogP contribution >= 0.6 is 0 Å². The minimum atomic E-state index is 0.226. The van der Waals surface area contributed by atoms with Gasteiger partial charge in [0.2, 0.25) is 5.88 Å². The van der Waals surface area contributed by atoms with Crippen LogP contribution < -0.4 is 4.74 Å². The number of hydrogen-bond donors (Lipinski definition) is 0. The van der Waals surface area contributed by atoms with Crippen molar-refractivity contribution in [1.29, 1.82) is 0 Å². The van der Waals surface area contributed by atoms with Gasteiger partial charge in [0.05, 0.1) is 24.7 Å². The van der Waals surface area contributed by atoms with E-state index in [1.165, 1.54) is 0 Å². The van der Waals surface area contributed by atoms with Crippen LogP contribution in [0.4, 0.5) is 0 Å². The van der Waals surface area contributed by atoms with Gasteiger partial charge in [-0.15, -0.1) is 0 Å². The van der Waals surface area contributed by atoms with Gasteiger partial charge in [-0.3, -0.25) is 9.88 Å². The summed E-state index contributed by atoms with van der Waals surface area (Å²) in [5, 5.41) is 0. The zero-order valence-electron chi connectivity index (χ0n) is 10.4. The molecular weight excluding hydrogens is 218 g/mol. The summed E-state index contributed by atoms with van der Waals surface area (Å²) < 4.78 is 10.9. The lowest BCUT2D eigenvalue weighted by Gasteiger charge is -2.15. The number of hydrogen-bond acceptors (Lipinski definition) is 5. The molecule has 1 aliphatic rings. The maximum absolute atomic E-state index is 5.78. The smallest absolute Gasteiger partial charge is 0.232 e. The molecule has 1 fully saturated rings. The molecule has 0 radical (unpaired) electrons. The second-order valence-electron chi connectivity index (χ2n) is 4.32. The molecule has 1 atom stereocenters. The summed E-state index contributed by atoms with van der Waals surface area (Å²) in [4.78, 5) is 10.7. The lowest BCUT2D eigenvalue weighted by atomic mass is 10.3. The number of aryl methyl sites for hydroxylation is 1. The predicted octanol–water partition coefficient (Wildman–Crippen LogP) is 0.885. The monoisotopic (exact) mass is 237 g/mol. The molecule has 0 N–H and O–H groups in total. The number of rotatable bonds is 5. The van der Waals surface area contributed by atoms with Crippen LogP contribution in [-0.4, -0.2) is 54.3 Å². The summed E-state index contributed by atoms with van der Waals surface area (Å²) in [6.45, 7) is 5.66. The molecule has 0 spiro atoms. The summed E-state index contributed by atoms with van der Waals surface area (Å²) in [6, 6.07) is 0. The summed E-state index contributed by atoms with van der Waals surface area (Å²) >= 11 is 0. The Morgan fingerprint density at radius 3 is 3.00 bits per heavy atom. The van der Waals surface area contributed by atoms with Crippen molar-refractivity contribution in [1.82, 2.24) is 14.9 Å². The summed E-state index contributed by atoms with van der Waals surface area (Å²) in [5.74, 6) is 0.620. The van der Waals surface area contributed by atoms with Crippen molar-refractivity contribution in [2.75, 3.05) is 33.4 Å². The Hall–Kier alpha value is -1.20. The molecule has 17 heavy (non-hydrogen) atoms. The van der Waals surface area contributed by atoms with Crippen LogP contribution in [0.1, 0.15) is 12.1 Å². The SMILES string of the molecule is COCCN1CC[C@@H](Oc2cnc(C)cn2)C1. The van der Waals surface area contributed by atoms with Crippen molar-refractivity contribution in [3.8, 4) is 5.88 Å². The Morgan fingerprint density at radius 2 is 2.29 bits per heavy atom. The average Bonchev–Trinajstić information content (AvgIpc) is 2.77. The van der Waals surface area contributed by atoms with E-state index in [0.29, 0.717) is 5.88 Å². The maximum Gasteiger partial charge on any atom is 0.232 e. The molecule has 2 heterocycles. The van der Waals surface area contributed by atoms with Gasteiger partial charge in [-0.2, -0.15) is 0 Å². The molecule has 0 aromatic carbocycles. The topological polar surface area (TPSA) is 47.5 Å². The van der Waals surface area contributed by atoms with Gasteiger partial charge < -0.3 is 9.47 Å². The highest BCUT2D eigenvalue weighted by Gasteiger charge is 2.23. The normalized spacial score (nSPS) is 20.7. The maximum atomic E-state index is 5.78. The largest absolute Gasteiger partial charge is 0.472 e. The number of ether oxygens (including phenoxy) is 2. The molecule has 0 aliphatic carbocycles. The van der Waals surface area contributed by atoms with E-state index < -0.39 is 0 Å². The van der Waals surface area contributed by atoms with E-state index in [-0.39, 0.29) is 6.10 Å². The van der Waals surface area contributed by atoms with E-state index >= 15 is 0 Å². The van der Waals surface area contributed by atoms with E-state index in [2.05, 4.69) is 14.9 Å². The van der Waals surface area contributed by atoms with Gasteiger partial charge in [0, 0.05) is 26.7 Å². The lowest BCUT2D eigenvalue weighted by Crippen LogP contribution is -2.28. The Bertz CT molecular complexity index is 342. The molecule has 0 amide bonds. The number of aromatic nitrogens is 2. The van der Waals surface area contributed by atoms with Crippen LogP contribution in [-0.2, 0) is 4.74 Å². The van der Waals surface area contributed by atoms with E-state index in [1.54, 1.807) is 19.5 Å². The van der Waals surface area contributed by atoms with E-state index in [9.17, 15) is 0 Å². The van der Waals surface area contributed by atoms with Crippen molar-refractivity contribution in [2.24, 2.45) is 0 Å². The molecule has 0 unspecified atom stereocenters. The standard InChI is InChI=1S/C12H19N3O2/c1-10-7-14-12(8-13-10)17-11-3-4-15(9-11)5-6-16-2/h7-8,11H,3-6,9H2,1-2H3/t11-/m1/s1. The van der Waals surface area contributed by atoms with E-state index in [4.69, 9.17) is 9.47 Å².